The number of nitrogens with one attached hydrogen (secondary N) is 1. The summed E-state index contributed by atoms with van der Waals surface area (Å²) in [6.07, 6.45) is 4.45. The summed E-state index contributed by atoms with van der Waals surface area (Å²) in [6, 6.07) is 13.7. The molecule has 2 aromatic rings. The Morgan fingerprint density at radius 2 is 1.92 bits per heavy atom. The molecule has 1 fully saturated rings. The molecule has 1 amide bonds. The normalized spacial score (nSPS) is 17.1. The maximum atomic E-state index is 12.8. The van der Waals surface area contributed by atoms with E-state index in [1.807, 2.05) is 36.4 Å². The average molecular weight is 353 g/mol. The highest BCUT2D eigenvalue weighted by Gasteiger charge is 2.37. The molecule has 0 aromatic heterocycles. The van der Waals surface area contributed by atoms with E-state index in [9.17, 15) is 4.79 Å². The van der Waals surface area contributed by atoms with Gasteiger partial charge in [-0.3, -0.25) is 4.79 Å². The number of hydrogen-bond donors (Lipinski definition) is 1. The van der Waals surface area contributed by atoms with E-state index >= 15 is 0 Å². The first kappa shape index (κ1) is 16.8. The molecule has 1 heterocycles. The van der Waals surface area contributed by atoms with Crippen LogP contribution in [0.15, 0.2) is 42.5 Å². The molecule has 1 aliphatic carbocycles. The average Bonchev–Trinajstić information content (AvgIpc) is 3.31. The smallest absolute Gasteiger partial charge is 0.231 e. The molecule has 0 bridgehead atoms. The number of carbonyl (C=O) groups is 1. The SMILES string of the molecule is COc1cccc(C2(NC(=O)Cc3ccc4c(c3)OCO4)CCCC2)c1. The lowest BCUT2D eigenvalue weighted by atomic mass is 9.87. The highest BCUT2D eigenvalue weighted by Crippen LogP contribution is 2.40. The van der Waals surface area contributed by atoms with Crippen molar-refractivity contribution < 1.29 is 19.0 Å². The van der Waals surface area contributed by atoms with Gasteiger partial charge in [-0.05, 0) is 48.2 Å². The number of carbonyl (C=O) groups excluding carboxylic acids is 1. The first-order valence-corrected chi connectivity index (χ1v) is 9.03. The Morgan fingerprint density at radius 3 is 2.73 bits per heavy atom. The molecule has 5 nitrogen and oxygen atoms in total. The van der Waals surface area contributed by atoms with Crippen LogP contribution < -0.4 is 19.5 Å². The summed E-state index contributed by atoms with van der Waals surface area (Å²) in [4.78, 5) is 12.8. The molecule has 2 aliphatic rings. The molecule has 0 radical (unpaired) electrons. The van der Waals surface area contributed by atoms with Crippen LogP contribution in [0.3, 0.4) is 0 Å². The second kappa shape index (κ2) is 6.90. The van der Waals surface area contributed by atoms with Gasteiger partial charge in [0.1, 0.15) is 5.75 Å². The lowest BCUT2D eigenvalue weighted by molar-refractivity contribution is -0.122. The summed E-state index contributed by atoms with van der Waals surface area (Å²) in [5.74, 6) is 2.28. The molecule has 1 N–H and O–H groups in total. The summed E-state index contributed by atoms with van der Waals surface area (Å²) in [7, 11) is 1.67. The molecule has 136 valence electrons. The zero-order chi connectivity index (χ0) is 18.0. The van der Waals surface area contributed by atoms with Crippen molar-refractivity contribution in [3.05, 3.63) is 53.6 Å². The fourth-order valence-corrected chi connectivity index (χ4v) is 3.93. The number of methoxy groups -OCH3 is 1. The number of rotatable bonds is 5. The Hall–Kier alpha value is -2.69. The van der Waals surface area contributed by atoms with Crippen LogP contribution in [0.25, 0.3) is 0 Å². The molecule has 0 spiro atoms. The topological polar surface area (TPSA) is 56.8 Å². The van der Waals surface area contributed by atoms with Gasteiger partial charge in [-0.1, -0.05) is 31.0 Å². The third-order valence-electron chi connectivity index (χ3n) is 5.26. The first-order valence-electron chi connectivity index (χ1n) is 9.03. The van der Waals surface area contributed by atoms with Gasteiger partial charge in [-0.2, -0.15) is 0 Å². The van der Waals surface area contributed by atoms with Crippen LogP contribution in [0.2, 0.25) is 0 Å². The van der Waals surface area contributed by atoms with Crippen molar-refractivity contribution in [1.82, 2.24) is 5.32 Å². The van der Waals surface area contributed by atoms with E-state index in [1.165, 1.54) is 0 Å². The summed E-state index contributed by atoms with van der Waals surface area (Å²) in [6.45, 7) is 0.240. The molecule has 5 heteroatoms. The van der Waals surface area contributed by atoms with E-state index in [0.29, 0.717) is 12.2 Å². The minimum atomic E-state index is -0.304. The molecule has 0 atom stereocenters. The zero-order valence-electron chi connectivity index (χ0n) is 14.9. The number of ether oxygens (including phenoxy) is 3. The Labute approximate surface area is 153 Å². The van der Waals surface area contributed by atoms with Gasteiger partial charge in [0, 0.05) is 0 Å². The third kappa shape index (κ3) is 3.21. The lowest BCUT2D eigenvalue weighted by Crippen LogP contribution is -2.44. The standard InChI is InChI=1S/C21H23NO4/c1-24-17-6-4-5-16(13-17)21(9-2-3-10-21)22-20(23)12-15-7-8-18-19(11-15)26-14-25-18/h4-8,11,13H,2-3,9-10,12,14H2,1H3,(H,22,23). The number of benzene rings is 2. The van der Waals surface area contributed by atoms with Crippen molar-refractivity contribution in [1.29, 1.82) is 0 Å². The molecule has 26 heavy (non-hydrogen) atoms. The van der Waals surface area contributed by atoms with Crippen LogP contribution in [0.4, 0.5) is 0 Å². The van der Waals surface area contributed by atoms with Gasteiger partial charge in [0.2, 0.25) is 12.7 Å². The molecule has 2 aromatic carbocycles. The summed E-state index contributed by atoms with van der Waals surface area (Å²) >= 11 is 0. The monoisotopic (exact) mass is 353 g/mol. The highest BCUT2D eigenvalue weighted by molar-refractivity contribution is 5.80. The minimum absolute atomic E-state index is 0.0218. The van der Waals surface area contributed by atoms with Crippen molar-refractivity contribution >= 4 is 5.91 Å². The van der Waals surface area contributed by atoms with Crippen molar-refractivity contribution in [2.45, 2.75) is 37.6 Å². The maximum Gasteiger partial charge on any atom is 0.231 e. The lowest BCUT2D eigenvalue weighted by Gasteiger charge is -2.31. The van der Waals surface area contributed by atoms with Gasteiger partial charge in [0.25, 0.3) is 0 Å². The molecule has 4 rings (SSSR count). The van der Waals surface area contributed by atoms with Crippen molar-refractivity contribution in [2.24, 2.45) is 0 Å². The van der Waals surface area contributed by atoms with Gasteiger partial charge in [-0.25, -0.2) is 0 Å². The van der Waals surface area contributed by atoms with E-state index < -0.39 is 0 Å². The fourth-order valence-electron chi connectivity index (χ4n) is 3.93. The number of hydrogen-bond acceptors (Lipinski definition) is 4. The Bertz CT molecular complexity index is 811. The summed E-state index contributed by atoms with van der Waals surface area (Å²) < 4.78 is 16.1. The largest absolute Gasteiger partial charge is 0.497 e. The molecular weight excluding hydrogens is 330 g/mol. The predicted octanol–water partition coefficient (Wildman–Crippen LogP) is 3.55. The van der Waals surface area contributed by atoms with Crippen LogP contribution in [0.5, 0.6) is 17.2 Å². The van der Waals surface area contributed by atoms with Crippen molar-refractivity contribution in [3.63, 3.8) is 0 Å². The minimum Gasteiger partial charge on any atom is -0.497 e. The quantitative estimate of drug-likeness (QED) is 0.893. The van der Waals surface area contributed by atoms with Crippen LogP contribution in [-0.4, -0.2) is 19.8 Å². The highest BCUT2D eigenvalue weighted by atomic mass is 16.7. The van der Waals surface area contributed by atoms with Crippen LogP contribution in [0.1, 0.15) is 36.8 Å². The Kier molecular flexibility index (Phi) is 4.45. The molecule has 1 saturated carbocycles. The maximum absolute atomic E-state index is 12.8. The molecule has 1 aliphatic heterocycles. The van der Waals surface area contributed by atoms with Crippen molar-refractivity contribution in [2.75, 3.05) is 13.9 Å². The third-order valence-corrected chi connectivity index (χ3v) is 5.26. The second-order valence-corrected chi connectivity index (χ2v) is 6.93. The van der Waals surface area contributed by atoms with E-state index in [1.54, 1.807) is 7.11 Å². The second-order valence-electron chi connectivity index (χ2n) is 6.93. The van der Waals surface area contributed by atoms with E-state index in [0.717, 1.165) is 48.3 Å². The van der Waals surface area contributed by atoms with E-state index in [2.05, 4.69) is 11.4 Å². The van der Waals surface area contributed by atoms with E-state index in [-0.39, 0.29) is 18.2 Å². The Balaban J connectivity index is 1.52. The first-order chi connectivity index (χ1) is 12.7. The predicted molar refractivity (Wildman–Crippen MR) is 97.6 cm³/mol. The van der Waals surface area contributed by atoms with Gasteiger partial charge >= 0.3 is 0 Å². The van der Waals surface area contributed by atoms with Gasteiger partial charge in [-0.15, -0.1) is 0 Å². The summed E-state index contributed by atoms with van der Waals surface area (Å²) in [5.41, 5.74) is 1.74. The molecule has 0 unspecified atom stereocenters. The Morgan fingerprint density at radius 1 is 1.12 bits per heavy atom. The molecular formula is C21H23NO4. The number of amides is 1. The molecule has 0 saturated heterocycles. The van der Waals surface area contributed by atoms with E-state index in [4.69, 9.17) is 14.2 Å². The van der Waals surface area contributed by atoms with Crippen molar-refractivity contribution in [3.8, 4) is 17.2 Å². The van der Waals surface area contributed by atoms with Gasteiger partial charge in [0.15, 0.2) is 11.5 Å². The number of fused-ring (bicyclic) bond motifs is 1. The zero-order valence-corrected chi connectivity index (χ0v) is 14.9. The van der Waals surface area contributed by atoms with Crippen LogP contribution in [-0.2, 0) is 16.8 Å². The summed E-state index contributed by atoms with van der Waals surface area (Å²) in [5, 5.41) is 3.31. The van der Waals surface area contributed by atoms with Crippen LogP contribution in [0, 0.1) is 0 Å². The van der Waals surface area contributed by atoms with Gasteiger partial charge < -0.3 is 19.5 Å². The van der Waals surface area contributed by atoms with Gasteiger partial charge in [0.05, 0.1) is 19.1 Å². The van der Waals surface area contributed by atoms with Crippen LogP contribution >= 0.6 is 0 Å². The fraction of sp³-hybridized carbons (Fsp3) is 0.381.